The Morgan fingerprint density at radius 1 is 1.48 bits per heavy atom. The highest BCUT2D eigenvalue weighted by Crippen LogP contribution is 2.33. The van der Waals surface area contributed by atoms with Crippen LogP contribution < -0.4 is 10.5 Å². The minimum absolute atomic E-state index is 0.0496. The molecule has 0 bridgehead atoms. The van der Waals surface area contributed by atoms with Crippen LogP contribution in [-0.2, 0) is 6.42 Å². The predicted octanol–water partition coefficient (Wildman–Crippen LogP) is 4.15. The molecule has 21 heavy (non-hydrogen) atoms. The van der Waals surface area contributed by atoms with Crippen LogP contribution in [0.5, 0.6) is 11.6 Å². The van der Waals surface area contributed by atoms with Gasteiger partial charge in [0.1, 0.15) is 5.75 Å². The molecule has 2 heterocycles. The van der Waals surface area contributed by atoms with Crippen LogP contribution in [0.1, 0.15) is 18.2 Å². The number of thiazole rings is 1. The van der Waals surface area contributed by atoms with Crippen LogP contribution in [0.25, 0.3) is 4.96 Å². The van der Waals surface area contributed by atoms with Gasteiger partial charge in [-0.2, -0.15) is 4.98 Å². The van der Waals surface area contributed by atoms with Crippen molar-refractivity contribution in [3.05, 3.63) is 45.5 Å². The lowest BCUT2D eigenvalue weighted by molar-refractivity contribution is 0.454. The Hall–Kier alpha value is -1.37. The van der Waals surface area contributed by atoms with Crippen molar-refractivity contribution in [1.82, 2.24) is 9.38 Å². The third-order valence-electron chi connectivity index (χ3n) is 3.13. The number of hydrogen-bond donors (Lipinski definition) is 1. The van der Waals surface area contributed by atoms with Crippen LogP contribution in [0.3, 0.4) is 0 Å². The average molecular weight is 366 g/mol. The van der Waals surface area contributed by atoms with Crippen LogP contribution in [-0.4, -0.2) is 15.4 Å². The van der Waals surface area contributed by atoms with Crippen LogP contribution in [0.4, 0.5) is 0 Å². The topological polar surface area (TPSA) is 52.5 Å². The molecule has 0 spiro atoms. The second-order valence-electron chi connectivity index (χ2n) is 5.14. The number of benzene rings is 1. The Morgan fingerprint density at radius 2 is 2.29 bits per heavy atom. The third-order valence-corrected chi connectivity index (χ3v) is 4.51. The van der Waals surface area contributed by atoms with Gasteiger partial charge in [-0.1, -0.05) is 6.07 Å². The first-order valence-corrected chi connectivity index (χ1v) is 8.36. The van der Waals surface area contributed by atoms with E-state index in [9.17, 15) is 0 Å². The Balaban J connectivity index is 2.01. The fraction of sp³-hybridized carbons (Fsp3) is 0.267. The molecule has 0 aliphatic rings. The van der Waals surface area contributed by atoms with Gasteiger partial charge < -0.3 is 10.5 Å². The highest BCUT2D eigenvalue weighted by atomic mass is 79.9. The van der Waals surface area contributed by atoms with Gasteiger partial charge in [0.05, 0.1) is 10.2 Å². The van der Waals surface area contributed by atoms with Gasteiger partial charge in [-0.25, -0.2) is 0 Å². The van der Waals surface area contributed by atoms with Gasteiger partial charge in [-0.05, 0) is 47.5 Å². The molecule has 0 radical (unpaired) electrons. The van der Waals surface area contributed by atoms with Crippen molar-refractivity contribution in [2.45, 2.75) is 26.3 Å². The maximum atomic E-state index is 6.01. The number of rotatable bonds is 4. The van der Waals surface area contributed by atoms with Crippen molar-refractivity contribution >= 4 is 32.2 Å². The number of fused-ring (bicyclic) bond motifs is 1. The summed E-state index contributed by atoms with van der Waals surface area (Å²) in [6.45, 7) is 4.03. The molecule has 0 fully saturated rings. The molecule has 2 N–H and O–H groups in total. The molecule has 1 atom stereocenters. The minimum Gasteiger partial charge on any atom is -0.436 e. The zero-order valence-corrected chi connectivity index (χ0v) is 14.2. The zero-order chi connectivity index (χ0) is 15.0. The molecule has 0 saturated heterocycles. The predicted molar refractivity (Wildman–Crippen MR) is 89.4 cm³/mol. The fourth-order valence-corrected chi connectivity index (χ4v) is 3.48. The first-order valence-electron chi connectivity index (χ1n) is 6.68. The van der Waals surface area contributed by atoms with Crippen molar-refractivity contribution < 1.29 is 4.74 Å². The Morgan fingerprint density at radius 3 is 3.00 bits per heavy atom. The lowest BCUT2D eigenvalue weighted by atomic mass is 10.2. The van der Waals surface area contributed by atoms with E-state index in [1.807, 2.05) is 48.0 Å². The van der Waals surface area contributed by atoms with E-state index >= 15 is 0 Å². The van der Waals surface area contributed by atoms with Crippen molar-refractivity contribution in [1.29, 1.82) is 0 Å². The van der Waals surface area contributed by atoms with Crippen molar-refractivity contribution in [3.8, 4) is 11.6 Å². The van der Waals surface area contributed by atoms with E-state index in [4.69, 9.17) is 10.5 Å². The van der Waals surface area contributed by atoms with E-state index in [1.165, 1.54) is 5.56 Å². The SMILES string of the molecule is Cc1ccc(Oc2nc3sccn3c2CC(C)N)c(Br)c1. The van der Waals surface area contributed by atoms with Crippen molar-refractivity contribution in [2.24, 2.45) is 5.73 Å². The standard InChI is InChI=1S/C15H16BrN3OS/c1-9-3-4-13(11(16)7-9)20-14-12(8-10(2)17)19-5-6-21-15(19)18-14/h3-7,10H,8,17H2,1-2H3. The number of aromatic nitrogens is 2. The smallest absolute Gasteiger partial charge is 0.242 e. The van der Waals surface area contributed by atoms with Gasteiger partial charge in [-0.3, -0.25) is 4.40 Å². The number of halogens is 1. The van der Waals surface area contributed by atoms with Crippen LogP contribution in [0, 0.1) is 6.92 Å². The van der Waals surface area contributed by atoms with Gasteiger partial charge in [-0.15, -0.1) is 11.3 Å². The van der Waals surface area contributed by atoms with Gasteiger partial charge in [0.2, 0.25) is 5.88 Å². The van der Waals surface area contributed by atoms with Gasteiger partial charge in [0.15, 0.2) is 4.96 Å². The molecule has 0 amide bonds. The summed E-state index contributed by atoms with van der Waals surface area (Å²) in [4.78, 5) is 5.49. The molecule has 1 unspecified atom stereocenters. The highest BCUT2D eigenvalue weighted by Gasteiger charge is 2.17. The quantitative estimate of drug-likeness (QED) is 0.755. The van der Waals surface area contributed by atoms with E-state index in [0.29, 0.717) is 5.88 Å². The Kier molecular flexibility index (Phi) is 4.01. The molecule has 2 aromatic heterocycles. The molecule has 0 saturated carbocycles. The number of nitrogens with zero attached hydrogens (tertiary/aromatic N) is 2. The normalized spacial score (nSPS) is 12.8. The molecule has 110 valence electrons. The molecular weight excluding hydrogens is 350 g/mol. The number of aryl methyl sites for hydroxylation is 1. The summed E-state index contributed by atoms with van der Waals surface area (Å²) >= 11 is 5.12. The van der Waals surface area contributed by atoms with E-state index < -0.39 is 0 Å². The number of nitrogens with two attached hydrogens (primary N) is 1. The zero-order valence-electron chi connectivity index (χ0n) is 11.8. The summed E-state index contributed by atoms with van der Waals surface area (Å²) in [5.41, 5.74) is 8.14. The molecule has 0 aliphatic carbocycles. The molecule has 4 nitrogen and oxygen atoms in total. The molecular formula is C15H16BrN3OS. The summed E-state index contributed by atoms with van der Waals surface area (Å²) in [6.07, 6.45) is 2.72. The van der Waals surface area contributed by atoms with Gasteiger partial charge >= 0.3 is 0 Å². The van der Waals surface area contributed by atoms with Gasteiger partial charge in [0.25, 0.3) is 0 Å². The van der Waals surface area contributed by atoms with Crippen LogP contribution in [0.2, 0.25) is 0 Å². The summed E-state index contributed by atoms with van der Waals surface area (Å²) < 4.78 is 8.98. The third kappa shape index (κ3) is 2.97. The Bertz CT molecular complexity index is 778. The van der Waals surface area contributed by atoms with Crippen LogP contribution in [0.15, 0.2) is 34.2 Å². The molecule has 6 heteroatoms. The monoisotopic (exact) mass is 365 g/mol. The largest absolute Gasteiger partial charge is 0.436 e. The molecule has 0 aliphatic heterocycles. The average Bonchev–Trinajstić information content (AvgIpc) is 2.96. The first kappa shape index (κ1) is 14.6. The summed E-state index contributed by atoms with van der Waals surface area (Å²) in [5, 5.41) is 2.01. The maximum Gasteiger partial charge on any atom is 0.242 e. The fourth-order valence-electron chi connectivity index (χ4n) is 2.18. The van der Waals surface area contributed by atoms with E-state index in [1.54, 1.807) is 11.3 Å². The molecule has 3 aromatic rings. The maximum absolute atomic E-state index is 6.01. The Labute approximate surface area is 135 Å². The van der Waals surface area contributed by atoms with E-state index in [2.05, 4.69) is 20.9 Å². The second-order valence-corrected chi connectivity index (χ2v) is 6.86. The summed E-state index contributed by atoms with van der Waals surface area (Å²) in [7, 11) is 0. The van der Waals surface area contributed by atoms with E-state index in [0.717, 1.165) is 27.3 Å². The molecule has 3 rings (SSSR count). The second kappa shape index (κ2) is 5.79. The summed E-state index contributed by atoms with van der Waals surface area (Å²) in [5.74, 6) is 1.39. The highest BCUT2D eigenvalue weighted by molar-refractivity contribution is 9.10. The van der Waals surface area contributed by atoms with Gasteiger partial charge in [0, 0.05) is 24.0 Å². The number of ether oxygens (including phenoxy) is 1. The lowest BCUT2D eigenvalue weighted by Crippen LogP contribution is -2.19. The van der Waals surface area contributed by atoms with Crippen LogP contribution >= 0.6 is 27.3 Å². The van der Waals surface area contributed by atoms with E-state index in [-0.39, 0.29) is 6.04 Å². The van der Waals surface area contributed by atoms with Crippen molar-refractivity contribution in [3.63, 3.8) is 0 Å². The van der Waals surface area contributed by atoms with Crippen molar-refractivity contribution in [2.75, 3.05) is 0 Å². The minimum atomic E-state index is 0.0496. The first-order chi connectivity index (χ1) is 10.0. The lowest BCUT2D eigenvalue weighted by Gasteiger charge is -2.10. The number of imidazole rings is 1. The number of hydrogen-bond acceptors (Lipinski definition) is 4. The summed E-state index contributed by atoms with van der Waals surface area (Å²) in [6, 6.07) is 6.04. The molecule has 1 aromatic carbocycles.